The highest BCUT2D eigenvalue weighted by Gasteiger charge is 2.33. The van der Waals surface area contributed by atoms with Gasteiger partial charge < -0.3 is 15.0 Å². The molecule has 4 nitrogen and oxygen atoms in total. The summed E-state index contributed by atoms with van der Waals surface area (Å²) in [5.74, 6) is -2.45. The average Bonchev–Trinajstić information content (AvgIpc) is 2.47. The van der Waals surface area contributed by atoms with Crippen molar-refractivity contribution in [3.8, 4) is 0 Å². The van der Waals surface area contributed by atoms with Crippen molar-refractivity contribution in [1.29, 1.82) is 0 Å². The van der Waals surface area contributed by atoms with E-state index >= 15 is 0 Å². The Morgan fingerprint density at radius 1 is 1.41 bits per heavy atom. The van der Waals surface area contributed by atoms with Gasteiger partial charge in [0, 0.05) is 12.7 Å². The van der Waals surface area contributed by atoms with Crippen LogP contribution in [0.3, 0.4) is 0 Å². The van der Waals surface area contributed by atoms with E-state index in [2.05, 4.69) is 5.32 Å². The second kappa shape index (κ2) is 6.39. The Balaban J connectivity index is 2.53. The molecule has 1 heterocycles. The highest BCUT2D eigenvalue weighted by molar-refractivity contribution is 7.80. The number of halogens is 2. The number of rotatable bonds is 3. The number of esters is 1. The molecule has 0 radical (unpaired) electrons. The number of thiocarbonyl (C=S) groups is 1. The Kier molecular flexibility index (Phi) is 4.75. The van der Waals surface area contributed by atoms with E-state index in [0.29, 0.717) is 21.9 Å². The molecular weight excluding hydrogens is 310 g/mol. The van der Waals surface area contributed by atoms with E-state index in [1.54, 1.807) is 25.8 Å². The summed E-state index contributed by atoms with van der Waals surface area (Å²) in [5.41, 5.74) is 1.33. The van der Waals surface area contributed by atoms with Crippen molar-refractivity contribution >= 4 is 23.3 Å². The van der Waals surface area contributed by atoms with Gasteiger partial charge in [0.1, 0.15) is 0 Å². The van der Waals surface area contributed by atoms with Gasteiger partial charge in [-0.15, -0.1) is 0 Å². The third-order valence-corrected chi connectivity index (χ3v) is 3.92. The van der Waals surface area contributed by atoms with Crippen LogP contribution in [0.15, 0.2) is 29.5 Å². The van der Waals surface area contributed by atoms with Crippen LogP contribution in [0.25, 0.3) is 0 Å². The van der Waals surface area contributed by atoms with Crippen LogP contribution < -0.4 is 5.32 Å². The molecule has 0 amide bonds. The van der Waals surface area contributed by atoms with Crippen LogP contribution in [0, 0.1) is 11.6 Å². The van der Waals surface area contributed by atoms with Crippen molar-refractivity contribution in [2.75, 3.05) is 13.7 Å². The summed E-state index contributed by atoms with van der Waals surface area (Å²) < 4.78 is 31.7. The fourth-order valence-corrected chi connectivity index (χ4v) is 2.51. The summed E-state index contributed by atoms with van der Waals surface area (Å²) in [6, 6.07) is 2.80. The minimum atomic E-state index is -0.981. The Morgan fingerprint density at radius 2 is 2.09 bits per heavy atom. The number of nitrogens with one attached hydrogen (secondary N) is 1. The largest absolute Gasteiger partial charge is 0.463 e. The highest BCUT2D eigenvalue weighted by atomic mass is 32.1. The molecule has 1 aliphatic heterocycles. The highest BCUT2D eigenvalue weighted by Crippen LogP contribution is 2.31. The Bertz CT molecular complexity index is 661. The first-order valence-electron chi connectivity index (χ1n) is 6.73. The molecule has 22 heavy (non-hydrogen) atoms. The fraction of sp³-hybridized carbons (Fsp3) is 0.333. The average molecular weight is 326 g/mol. The van der Waals surface area contributed by atoms with Crippen molar-refractivity contribution in [1.82, 2.24) is 10.2 Å². The van der Waals surface area contributed by atoms with Crippen LogP contribution in [0.1, 0.15) is 25.5 Å². The zero-order valence-electron chi connectivity index (χ0n) is 12.4. The number of hydrogen-bond acceptors (Lipinski definition) is 3. The quantitative estimate of drug-likeness (QED) is 0.683. The lowest BCUT2D eigenvalue weighted by Crippen LogP contribution is -2.46. The van der Waals surface area contributed by atoms with Crippen LogP contribution >= 0.6 is 12.2 Å². The Hall–Kier alpha value is -2.02. The van der Waals surface area contributed by atoms with Gasteiger partial charge in [0.15, 0.2) is 16.7 Å². The summed E-state index contributed by atoms with van der Waals surface area (Å²) in [7, 11) is 1.71. The van der Waals surface area contributed by atoms with Gasteiger partial charge in [-0.25, -0.2) is 13.6 Å². The zero-order chi connectivity index (χ0) is 16.4. The molecule has 1 aromatic rings. The molecule has 2 rings (SSSR count). The van der Waals surface area contributed by atoms with E-state index in [-0.39, 0.29) is 6.61 Å². The number of carbonyl (C=O) groups is 1. The molecule has 118 valence electrons. The monoisotopic (exact) mass is 326 g/mol. The predicted octanol–water partition coefficient (Wildman–Crippen LogP) is 2.66. The lowest BCUT2D eigenvalue weighted by molar-refractivity contribution is -0.139. The number of ether oxygens (including phenoxy) is 1. The van der Waals surface area contributed by atoms with Gasteiger partial charge in [0.2, 0.25) is 0 Å². The molecule has 1 aliphatic rings. The minimum Gasteiger partial charge on any atom is -0.463 e. The van der Waals surface area contributed by atoms with E-state index in [1.165, 1.54) is 6.07 Å². The lowest BCUT2D eigenvalue weighted by atomic mass is 9.95. The Labute approximate surface area is 132 Å². The molecule has 7 heteroatoms. The lowest BCUT2D eigenvalue weighted by Gasteiger charge is -2.35. The van der Waals surface area contributed by atoms with Gasteiger partial charge in [-0.2, -0.15) is 0 Å². The number of benzene rings is 1. The summed E-state index contributed by atoms with van der Waals surface area (Å²) >= 11 is 5.21. The third kappa shape index (κ3) is 2.94. The van der Waals surface area contributed by atoms with Crippen LogP contribution in [-0.2, 0) is 9.53 Å². The first-order valence-corrected chi connectivity index (χ1v) is 7.14. The van der Waals surface area contributed by atoms with Crippen LogP contribution in [0.2, 0.25) is 0 Å². The smallest absolute Gasteiger partial charge is 0.338 e. The molecular formula is C15H16F2N2O2S. The Morgan fingerprint density at radius 3 is 2.68 bits per heavy atom. The summed E-state index contributed by atoms with van der Waals surface area (Å²) in [6.07, 6.45) is 0. The zero-order valence-corrected chi connectivity index (χ0v) is 13.3. The van der Waals surface area contributed by atoms with E-state index in [4.69, 9.17) is 17.0 Å². The molecule has 1 atom stereocenters. The molecule has 0 unspecified atom stereocenters. The maximum absolute atomic E-state index is 13.5. The standard InChI is InChI=1S/C15H16F2N2O2S/c1-4-21-14(20)12-8(2)19(3)15(22)18-13(12)9-5-6-10(16)11(17)7-9/h5-7,13H,4H2,1-3H3,(H,18,22)/t13-/m0/s1. The molecule has 0 spiro atoms. The van der Waals surface area contributed by atoms with Gasteiger partial charge in [-0.1, -0.05) is 6.07 Å². The number of carbonyl (C=O) groups excluding carboxylic acids is 1. The van der Waals surface area contributed by atoms with Crippen molar-refractivity contribution in [2.24, 2.45) is 0 Å². The van der Waals surface area contributed by atoms with E-state index < -0.39 is 23.6 Å². The first kappa shape index (κ1) is 16.4. The molecule has 0 aliphatic carbocycles. The summed E-state index contributed by atoms with van der Waals surface area (Å²) in [6.45, 7) is 3.64. The minimum absolute atomic E-state index is 0.217. The van der Waals surface area contributed by atoms with Crippen LogP contribution in [0.5, 0.6) is 0 Å². The molecule has 0 saturated carbocycles. The van der Waals surface area contributed by atoms with Crippen molar-refractivity contribution in [2.45, 2.75) is 19.9 Å². The molecule has 0 saturated heterocycles. The third-order valence-electron chi connectivity index (χ3n) is 3.53. The van der Waals surface area contributed by atoms with Crippen molar-refractivity contribution in [3.63, 3.8) is 0 Å². The first-order chi connectivity index (χ1) is 10.4. The second-order valence-corrected chi connectivity index (χ2v) is 5.22. The maximum atomic E-state index is 13.5. The van der Waals surface area contributed by atoms with E-state index in [9.17, 15) is 13.6 Å². The van der Waals surface area contributed by atoms with E-state index in [1.807, 2.05) is 0 Å². The number of allylic oxidation sites excluding steroid dienone is 1. The normalized spacial score (nSPS) is 18.3. The van der Waals surface area contributed by atoms with Crippen molar-refractivity contribution < 1.29 is 18.3 Å². The summed E-state index contributed by atoms with van der Waals surface area (Å²) in [4.78, 5) is 13.9. The van der Waals surface area contributed by atoms with E-state index in [0.717, 1.165) is 12.1 Å². The second-order valence-electron chi connectivity index (χ2n) is 4.83. The predicted molar refractivity (Wildman–Crippen MR) is 81.9 cm³/mol. The number of hydrogen-bond donors (Lipinski definition) is 1. The van der Waals surface area contributed by atoms with Crippen LogP contribution in [-0.4, -0.2) is 29.6 Å². The van der Waals surface area contributed by atoms with Crippen LogP contribution in [0.4, 0.5) is 8.78 Å². The maximum Gasteiger partial charge on any atom is 0.338 e. The molecule has 1 aromatic carbocycles. The number of nitrogens with zero attached hydrogens (tertiary/aromatic N) is 1. The molecule has 0 bridgehead atoms. The van der Waals surface area contributed by atoms with Crippen molar-refractivity contribution in [3.05, 3.63) is 46.7 Å². The van der Waals surface area contributed by atoms with Gasteiger partial charge in [0.25, 0.3) is 0 Å². The fourth-order valence-electron chi connectivity index (χ4n) is 2.25. The van der Waals surface area contributed by atoms with Gasteiger partial charge in [0.05, 0.1) is 18.2 Å². The summed E-state index contributed by atoms with van der Waals surface area (Å²) in [5, 5.41) is 3.35. The topological polar surface area (TPSA) is 41.6 Å². The SMILES string of the molecule is CCOC(=O)C1=C(C)N(C)C(=S)N[C@H]1c1ccc(F)c(F)c1. The van der Waals surface area contributed by atoms with Gasteiger partial charge in [-0.3, -0.25) is 0 Å². The van der Waals surface area contributed by atoms with Gasteiger partial charge in [-0.05, 0) is 43.8 Å². The van der Waals surface area contributed by atoms with Gasteiger partial charge >= 0.3 is 5.97 Å². The molecule has 1 N–H and O–H groups in total. The molecule has 0 aromatic heterocycles. The molecule has 0 fully saturated rings.